The fourth-order valence-corrected chi connectivity index (χ4v) is 2.70. The third-order valence-electron chi connectivity index (χ3n) is 4.28. The number of carbonyl (C=O) groups excluding carboxylic acids is 1. The highest BCUT2D eigenvalue weighted by molar-refractivity contribution is 5.92. The van der Waals surface area contributed by atoms with Crippen molar-refractivity contribution in [2.75, 3.05) is 19.0 Å². The Morgan fingerprint density at radius 3 is 2.26 bits per heavy atom. The van der Waals surface area contributed by atoms with Gasteiger partial charge >= 0.3 is 0 Å². The number of anilines is 1. The molecule has 2 aromatic carbocycles. The summed E-state index contributed by atoms with van der Waals surface area (Å²) in [6.45, 7) is 0. The molecule has 1 N–H and O–H groups in total. The predicted octanol–water partition coefficient (Wildman–Crippen LogP) is 3.57. The Labute approximate surface area is 137 Å². The van der Waals surface area contributed by atoms with Crippen molar-refractivity contribution in [1.29, 1.82) is 0 Å². The molecule has 1 aliphatic rings. The summed E-state index contributed by atoms with van der Waals surface area (Å²) < 4.78 is 0. The first-order chi connectivity index (χ1) is 11.1. The summed E-state index contributed by atoms with van der Waals surface area (Å²) in [5.41, 5.74) is 3.21. The normalized spacial score (nSPS) is 15.4. The molecular formula is C20H22N2O. The number of hydrogen-bond donors (Lipinski definition) is 1. The molecule has 3 rings (SSSR count). The lowest BCUT2D eigenvalue weighted by molar-refractivity contribution is -0.117. The summed E-state index contributed by atoms with van der Waals surface area (Å²) in [6, 6.07) is 18.3. The van der Waals surface area contributed by atoms with Gasteiger partial charge < -0.3 is 10.2 Å². The third-order valence-corrected chi connectivity index (χ3v) is 4.28. The van der Waals surface area contributed by atoms with Gasteiger partial charge in [-0.3, -0.25) is 4.79 Å². The summed E-state index contributed by atoms with van der Waals surface area (Å²) in [5, 5.41) is 3.15. The minimum Gasteiger partial charge on any atom is -0.378 e. The van der Waals surface area contributed by atoms with E-state index in [0.717, 1.165) is 24.1 Å². The van der Waals surface area contributed by atoms with Gasteiger partial charge in [0.05, 0.1) is 5.54 Å². The van der Waals surface area contributed by atoms with Crippen molar-refractivity contribution < 1.29 is 4.79 Å². The van der Waals surface area contributed by atoms with Gasteiger partial charge in [0.25, 0.3) is 0 Å². The molecule has 1 saturated carbocycles. The number of nitrogens with zero attached hydrogens (tertiary/aromatic N) is 1. The lowest BCUT2D eigenvalue weighted by atomic mass is 10.1. The highest BCUT2D eigenvalue weighted by Gasteiger charge is 2.45. The molecule has 2 aromatic rings. The molecule has 1 fully saturated rings. The smallest absolute Gasteiger partial charge is 0.244 e. The molecule has 118 valence electrons. The largest absolute Gasteiger partial charge is 0.378 e. The number of benzene rings is 2. The number of amides is 1. The third kappa shape index (κ3) is 3.62. The topological polar surface area (TPSA) is 32.3 Å². The van der Waals surface area contributed by atoms with Crippen molar-refractivity contribution in [2.24, 2.45) is 0 Å². The van der Waals surface area contributed by atoms with E-state index in [2.05, 4.69) is 22.3 Å². The first kappa shape index (κ1) is 15.3. The van der Waals surface area contributed by atoms with Crippen LogP contribution < -0.4 is 10.2 Å². The minimum atomic E-state index is -0.155. The number of carbonyl (C=O) groups is 1. The molecule has 1 aliphatic carbocycles. The van der Waals surface area contributed by atoms with Gasteiger partial charge in [-0.05, 0) is 42.2 Å². The molecule has 0 heterocycles. The maximum absolute atomic E-state index is 12.2. The van der Waals surface area contributed by atoms with E-state index in [1.165, 1.54) is 5.56 Å². The second-order valence-electron chi connectivity index (χ2n) is 6.26. The molecule has 0 aromatic heterocycles. The molecule has 1 amide bonds. The van der Waals surface area contributed by atoms with Crippen molar-refractivity contribution in [3.63, 3.8) is 0 Å². The van der Waals surface area contributed by atoms with Crippen molar-refractivity contribution in [1.82, 2.24) is 5.32 Å². The zero-order valence-corrected chi connectivity index (χ0v) is 13.6. The van der Waals surface area contributed by atoms with E-state index in [-0.39, 0.29) is 11.4 Å². The summed E-state index contributed by atoms with van der Waals surface area (Å²) in [6.07, 6.45) is 5.49. The maximum Gasteiger partial charge on any atom is 0.244 e. The van der Waals surface area contributed by atoms with E-state index >= 15 is 0 Å². The van der Waals surface area contributed by atoms with Gasteiger partial charge in [-0.25, -0.2) is 0 Å². The van der Waals surface area contributed by atoms with Gasteiger partial charge in [-0.15, -0.1) is 0 Å². The molecule has 3 nitrogen and oxygen atoms in total. The van der Waals surface area contributed by atoms with Gasteiger partial charge in [0, 0.05) is 25.9 Å². The molecule has 0 bridgehead atoms. The van der Waals surface area contributed by atoms with Crippen molar-refractivity contribution in [3.8, 4) is 0 Å². The first-order valence-corrected chi connectivity index (χ1v) is 7.92. The molecule has 0 radical (unpaired) electrons. The Balaban J connectivity index is 1.63. The zero-order chi connectivity index (χ0) is 16.3. The van der Waals surface area contributed by atoms with E-state index in [0.29, 0.717) is 0 Å². The van der Waals surface area contributed by atoms with Crippen LogP contribution in [0.15, 0.2) is 60.7 Å². The molecule has 0 aliphatic heterocycles. The minimum absolute atomic E-state index is 0.0389. The molecule has 0 saturated heterocycles. The Hall–Kier alpha value is -2.55. The lowest BCUT2D eigenvalue weighted by Crippen LogP contribution is -2.33. The number of rotatable bonds is 5. The zero-order valence-electron chi connectivity index (χ0n) is 13.6. The second-order valence-corrected chi connectivity index (χ2v) is 6.26. The molecule has 23 heavy (non-hydrogen) atoms. The van der Waals surface area contributed by atoms with Crippen LogP contribution in [0.5, 0.6) is 0 Å². The number of hydrogen-bond acceptors (Lipinski definition) is 2. The summed E-state index contributed by atoms with van der Waals surface area (Å²) in [7, 11) is 4.02. The van der Waals surface area contributed by atoms with Crippen LogP contribution in [0.3, 0.4) is 0 Å². The average Bonchev–Trinajstić information content (AvgIpc) is 3.35. The lowest BCUT2D eigenvalue weighted by Gasteiger charge is -2.16. The van der Waals surface area contributed by atoms with Crippen molar-refractivity contribution >= 4 is 17.7 Å². The average molecular weight is 306 g/mol. The van der Waals surface area contributed by atoms with Crippen LogP contribution >= 0.6 is 0 Å². The Kier molecular flexibility index (Phi) is 4.20. The van der Waals surface area contributed by atoms with Crippen LogP contribution in [0.1, 0.15) is 24.0 Å². The van der Waals surface area contributed by atoms with E-state index in [1.807, 2.05) is 62.6 Å². The van der Waals surface area contributed by atoms with E-state index in [9.17, 15) is 4.79 Å². The van der Waals surface area contributed by atoms with E-state index in [4.69, 9.17) is 0 Å². The van der Waals surface area contributed by atoms with Crippen LogP contribution in [0.4, 0.5) is 5.69 Å². The molecular weight excluding hydrogens is 284 g/mol. The molecule has 0 spiro atoms. The first-order valence-electron chi connectivity index (χ1n) is 7.92. The monoisotopic (exact) mass is 306 g/mol. The molecule has 3 heteroatoms. The predicted molar refractivity (Wildman–Crippen MR) is 95.3 cm³/mol. The van der Waals surface area contributed by atoms with Crippen LogP contribution in [-0.4, -0.2) is 20.0 Å². The van der Waals surface area contributed by atoms with Crippen LogP contribution in [0.25, 0.3) is 6.08 Å². The van der Waals surface area contributed by atoms with Crippen molar-refractivity contribution in [3.05, 3.63) is 71.8 Å². The summed E-state index contributed by atoms with van der Waals surface area (Å²) in [4.78, 5) is 14.3. The van der Waals surface area contributed by atoms with E-state index in [1.54, 1.807) is 6.08 Å². The Morgan fingerprint density at radius 1 is 1.04 bits per heavy atom. The van der Waals surface area contributed by atoms with Gasteiger partial charge in [-0.2, -0.15) is 0 Å². The fourth-order valence-electron chi connectivity index (χ4n) is 2.70. The SMILES string of the molecule is CN(C)c1ccc(/C=C/C(=O)NC2(c3ccccc3)CC2)cc1. The maximum atomic E-state index is 12.2. The number of nitrogens with one attached hydrogen (secondary N) is 1. The fraction of sp³-hybridized carbons (Fsp3) is 0.250. The molecule has 0 unspecified atom stereocenters. The Bertz CT molecular complexity index is 698. The van der Waals surface area contributed by atoms with Gasteiger partial charge in [0.15, 0.2) is 0 Å². The highest BCUT2D eigenvalue weighted by atomic mass is 16.1. The van der Waals surface area contributed by atoms with Gasteiger partial charge in [0.2, 0.25) is 5.91 Å². The Morgan fingerprint density at radius 2 is 1.70 bits per heavy atom. The second kappa shape index (κ2) is 6.29. The quantitative estimate of drug-likeness (QED) is 0.857. The van der Waals surface area contributed by atoms with E-state index < -0.39 is 0 Å². The van der Waals surface area contributed by atoms with Gasteiger partial charge in [-0.1, -0.05) is 42.5 Å². The van der Waals surface area contributed by atoms with Crippen LogP contribution in [0, 0.1) is 0 Å². The standard InChI is InChI=1S/C20H22N2O/c1-22(2)18-11-8-16(9-12-18)10-13-19(23)21-20(14-15-20)17-6-4-3-5-7-17/h3-13H,14-15H2,1-2H3,(H,21,23)/b13-10+. The summed E-state index contributed by atoms with van der Waals surface area (Å²) >= 11 is 0. The highest BCUT2D eigenvalue weighted by Crippen LogP contribution is 2.45. The van der Waals surface area contributed by atoms with Crippen molar-refractivity contribution in [2.45, 2.75) is 18.4 Å². The molecule has 0 atom stereocenters. The van der Waals surface area contributed by atoms with Gasteiger partial charge in [0.1, 0.15) is 0 Å². The summed E-state index contributed by atoms with van der Waals surface area (Å²) in [5.74, 6) is -0.0389. The van der Waals surface area contributed by atoms with Crippen LogP contribution in [-0.2, 0) is 10.3 Å². The van der Waals surface area contributed by atoms with Crippen LogP contribution in [0.2, 0.25) is 0 Å².